The summed E-state index contributed by atoms with van der Waals surface area (Å²) in [6.07, 6.45) is 2.82. The molecule has 0 aliphatic heterocycles. The van der Waals surface area contributed by atoms with Gasteiger partial charge in [-0.05, 0) is 55.7 Å². The van der Waals surface area contributed by atoms with Gasteiger partial charge in [-0.25, -0.2) is 0 Å². The van der Waals surface area contributed by atoms with Crippen LogP contribution in [0.4, 0.5) is 0 Å². The van der Waals surface area contributed by atoms with Gasteiger partial charge in [0.2, 0.25) is 0 Å². The molecule has 5 heteroatoms. The van der Waals surface area contributed by atoms with Gasteiger partial charge < -0.3 is 15.2 Å². The van der Waals surface area contributed by atoms with E-state index in [1.165, 1.54) is 4.88 Å². The summed E-state index contributed by atoms with van der Waals surface area (Å²) in [6, 6.07) is 9.62. The third-order valence-corrected chi connectivity index (χ3v) is 6.76. The highest BCUT2D eigenvalue weighted by atomic mass is 32.1. The van der Waals surface area contributed by atoms with Gasteiger partial charge in [0.05, 0.1) is 0 Å². The van der Waals surface area contributed by atoms with E-state index in [-0.39, 0.29) is 23.8 Å². The average molecular weight is 372 g/mol. The molecule has 0 radical (unpaired) electrons. The summed E-state index contributed by atoms with van der Waals surface area (Å²) >= 11 is 1.70. The van der Waals surface area contributed by atoms with Crippen LogP contribution >= 0.6 is 11.3 Å². The average Bonchev–Trinajstić information content (AvgIpc) is 3.20. The number of Topliss-reactive ketones (excluding diaryl/α,β-unsaturated/α-hetero) is 1. The fraction of sp³-hybridized carbons (Fsp3) is 0.476. The number of hydrogen-bond donors (Lipinski definition) is 2. The maximum absolute atomic E-state index is 12.8. The Labute approximate surface area is 158 Å². The van der Waals surface area contributed by atoms with Gasteiger partial charge >= 0.3 is 0 Å². The molecule has 4 atom stereocenters. The van der Waals surface area contributed by atoms with Crippen molar-refractivity contribution in [2.75, 3.05) is 6.54 Å². The number of benzene rings is 1. The second kappa shape index (κ2) is 7.51. The lowest BCUT2D eigenvalue weighted by atomic mass is 9.85. The first-order chi connectivity index (χ1) is 12.6. The van der Waals surface area contributed by atoms with Gasteiger partial charge in [-0.2, -0.15) is 0 Å². The van der Waals surface area contributed by atoms with Crippen molar-refractivity contribution in [3.05, 3.63) is 51.7 Å². The number of carbonyl (C=O) groups excluding carboxylic acids is 1. The number of rotatable bonds is 5. The van der Waals surface area contributed by atoms with Gasteiger partial charge in [0.1, 0.15) is 18.0 Å². The van der Waals surface area contributed by atoms with Crippen LogP contribution in [0.1, 0.15) is 40.1 Å². The lowest BCUT2D eigenvalue weighted by Gasteiger charge is -2.26. The number of aryl methyl sites for hydroxylation is 2. The van der Waals surface area contributed by atoms with Gasteiger partial charge in [-0.3, -0.25) is 4.79 Å². The molecule has 0 saturated heterocycles. The molecule has 138 valence electrons. The third kappa shape index (κ3) is 3.43. The van der Waals surface area contributed by atoms with Crippen LogP contribution < -0.4 is 10.1 Å². The fourth-order valence-corrected chi connectivity index (χ4v) is 5.16. The zero-order chi connectivity index (χ0) is 18.1. The Kier molecular flexibility index (Phi) is 5.11. The van der Waals surface area contributed by atoms with E-state index >= 15 is 0 Å². The second-order valence-electron chi connectivity index (χ2n) is 7.37. The molecule has 1 aromatic carbocycles. The molecule has 1 fully saturated rings. The minimum absolute atomic E-state index is 0.0112. The predicted octanol–water partition coefficient (Wildman–Crippen LogP) is 3.36. The van der Waals surface area contributed by atoms with Gasteiger partial charge in [0, 0.05) is 28.9 Å². The summed E-state index contributed by atoms with van der Waals surface area (Å²) in [7, 11) is 0. The molecular formula is C21H25NO3S. The van der Waals surface area contributed by atoms with Crippen LogP contribution in [0.15, 0.2) is 35.7 Å². The number of carbonyl (C=O) groups is 1. The summed E-state index contributed by atoms with van der Waals surface area (Å²) < 4.78 is 5.93. The standard InChI is InChI=1S/C21H25NO3S/c1-13-12-26-18-10-7-14(20(23)19(13)18)11-22-16-8-9-17(21(16)24)25-15-5-3-2-4-6-15/h2-6,12,14,16-17,21-22,24H,7-11H2,1H3. The highest BCUT2D eigenvalue weighted by Crippen LogP contribution is 2.33. The molecule has 4 nitrogen and oxygen atoms in total. The van der Waals surface area contributed by atoms with E-state index < -0.39 is 6.10 Å². The first kappa shape index (κ1) is 17.7. The zero-order valence-electron chi connectivity index (χ0n) is 15.0. The number of fused-ring (bicyclic) bond motifs is 1. The zero-order valence-corrected chi connectivity index (χ0v) is 15.8. The van der Waals surface area contributed by atoms with E-state index in [9.17, 15) is 9.90 Å². The number of ketones is 1. The van der Waals surface area contributed by atoms with E-state index in [1.54, 1.807) is 11.3 Å². The Hall–Kier alpha value is -1.69. The van der Waals surface area contributed by atoms with Crippen molar-refractivity contribution in [1.29, 1.82) is 0 Å². The number of aliphatic hydroxyl groups excluding tert-OH is 1. The molecule has 2 aliphatic carbocycles. The number of aliphatic hydroxyl groups is 1. The van der Waals surface area contributed by atoms with E-state index in [0.29, 0.717) is 6.54 Å². The first-order valence-electron chi connectivity index (χ1n) is 9.38. The predicted molar refractivity (Wildman–Crippen MR) is 103 cm³/mol. The molecule has 4 rings (SSSR count). The Balaban J connectivity index is 1.33. The second-order valence-corrected chi connectivity index (χ2v) is 8.33. The van der Waals surface area contributed by atoms with Crippen LogP contribution in [-0.2, 0) is 6.42 Å². The van der Waals surface area contributed by atoms with Gasteiger partial charge in [0.15, 0.2) is 5.78 Å². The number of hydrogen-bond acceptors (Lipinski definition) is 5. The van der Waals surface area contributed by atoms with Crippen LogP contribution in [0.5, 0.6) is 5.75 Å². The Morgan fingerprint density at radius 1 is 1.23 bits per heavy atom. The van der Waals surface area contributed by atoms with Crippen molar-refractivity contribution in [3.63, 3.8) is 0 Å². The van der Waals surface area contributed by atoms with Crippen molar-refractivity contribution in [3.8, 4) is 5.75 Å². The topological polar surface area (TPSA) is 58.6 Å². The SMILES string of the molecule is Cc1csc2c1C(=O)C(CNC1CCC(Oc3ccccc3)C1O)CC2. The Morgan fingerprint density at radius 3 is 2.85 bits per heavy atom. The summed E-state index contributed by atoms with van der Waals surface area (Å²) in [4.78, 5) is 14.0. The quantitative estimate of drug-likeness (QED) is 0.846. The first-order valence-corrected chi connectivity index (χ1v) is 10.3. The third-order valence-electron chi connectivity index (χ3n) is 5.60. The minimum Gasteiger partial charge on any atom is -0.488 e. The summed E-state index contributed by atoms with van der Waals surface area (Å²) in [5.41, 5.74) is 2.06. The number of thiophene rings is 1. The summed E-state index contributed by atoms with van der Waals surface area (Å²) in [5, 5.41) is 16.1. The molecule has 2 aromatic rings. The molecule has 1 saturated carbocycles. The summed E-state index contributed by atoms with van der Waals surface area (Å²) in [5.74, 6) is 1.07. The maximum Gasteiger partial charge on any atom is 0.168 e. The lowest BCUT2D eigenvalue weighted by molar-refractivity contribution is 0.0441. The molecule has 1 aromatic heterocycles. The molecule has 0 spiro atoms. The number of nitrogens with one attached hydrogen (secondary N) is 1. The van der Waals surface area contributed by atoms with Crippen molar-refractivity contribution in [2.45, 2.75) is 50.9 Å². The van der Waals surface area contributed by atoms with Gasteiger partial charge in [-0.15, -0.1) is 11.3 Å². The molecule has 0 amide bonds. The van der Waals surface area contributed by atoms with E-state index in [2.05, 4.69) is 10.7 Å². The number of para-hydroxylation sites is 1. The smallest absolute Gasteiger partial charge is 0.168 e. The van der Waals surface area contributed by atoms with Crippen molar-refractivity contribution in [1.82, 2.24) is 5.32 Å². The van der Waals surface area contributed by atoms with Crippen LogP contribution in [0.2, 0.25) is 0 Å². The molecule has 0 bridgehead atoms. The van der Waals surface area contributed by atoms with E-state index in [1.807, 2.05) is 37.3 Å². The molecule has 2 N–H and O–H groups in total. The largest absolute Gasteiger partial charge is 0.488 e. The normalized spacial score (nSPS) is 28.2. The lowest BCUT2D eigenvalue weighted by Crippen LogP contribution is -2.44. The molecular weight excluding hydrogens is 346 g/mol. The van der Waals surface area contributed by atoms with Crippen LogP contribution in [0, 0.1) is 12.8 Å². The Bertz CT molecular complexity index is 773. The molecule has 1 heterocycles. The number of ether oxygens (including phenoxy) is 1. The summed E-state index contributed by atoms with van der Waals surface area (Å²) in [6.45, 7) is 2.66. The maximum atomic E-state index is 12.8. The van der Waals surface area contributed by atoms with Crippen LogP contribution in [-0.4, -0.2) is 35.7 Å². The van der Waals surface area contributed by atoms with Gasteiger partial charge in [0.25, 0.3) is 0 Å². The fourth-order valence-electron chi connectivity index (χ4n) is 4.11. The highest BCUT2D eigenvalue weighted by molar-refractivity contribution is 7.10. The minimum atomic E-state index is -0.549. The van der Waals surface area contributed by atoms with Crippen LogP contribution in [0.3, 0.4) is 0 Å². The van der Waals surface area contributed by atoms with Crippen molar-refractivity contribution in [2.24, 2.45) is 5.92 Å². The highest BCUT2D eigenvalue weighted by Gasteiger charge is 2.37. The van der Waals surface area contributed by atoms with Crippen molar-refractivity contribution >= 4 is 17.1 Å². The van der Waals surface area contributed by atoms with E-state index in [0.717, 1.165) is 42.6 Å². The molecule has 2 aliphatic rings. The molecule has 26 heavy (non-hydrogen) atoms. The van der Waals surface area contributed by atoms with Gasteiger partial charge in [-0.1, -0.05) is 18.2 Å². The van der Waals surface area contributed by atoms with Crippen molar-refractivity contribution < 1.29 is 14.6 Å². The molecule has 4 unspecified atom stereocenters. The Morgan fingerprint density at radius 2 is 2.04 bits per heavy atom. The monoisotopic (exact) mass is 371 g/mol. The van der Waals surface area contributed by atoms with E-state index in [4.69, 9.17) is 4.74 Å². The van der Waals surface area contributed by atoms with Crippen LogP contribution in [0.25, 0.3) is 0 Å².